The van der Waals surface area contributed by atoms with Crippen LogP contribution < -0.4 is 9.62 Å². The molecule has 9 heteroatoms. The van der Waals surface area contributed by atoms with Crippen LogP contribution in [0.2, 0.25) is 0 Å². The Morgan fingerprint density at radius 1 is 1.11 bits per heavy atom. The van der Waals surface area contributed by atoms with Gasteiger partial charge in [0.25, 0.3) is 0 Å². The first-order valence-corrected chi connectivity index (χ1v) is 10.1. The molecule has 2 heterocycles. The highest BCUT2D eigenvalue weighted by atomic mass is 32.2. The Labute approximate surface area is 158 Å². The lowest BCUT2D eigenvalue weighted by atomic mass is 10.2. The van der Waals surface area contributed by atoms with E-state index in [9.17, 15) is 8.42 Å². The largest absolute Gasteiger partial charge is 0.381 e. The third-order valence-electron chi connectivity index (χ3n) is 4.18. The fourth-order valence-electron chi connectivity index (χ4n) is 2.48. The summed E-state index contributed by atoms with van der Waals surface area (Å²) in [7, 11) is 0.153. The van der Waals surface area contributed by atoms with E-state index in [1.165, 1.54) is 4.31 Å². The number of nitrogens with one attached hydrogen (secondary N) is 1. The zero-order valence-corrected chi connectivity index (χ0v) is 16.3. The summed E-state index contributed by atoms with van der Waals surface area (Å²) in [6.45, 7) is 2.19. The van der Waals surface area contributed by atoms with Crippen molar-refractivity contribution < 1.29 is 8.42 Å². The summed E-state index contributed by atoms with van der Waals surface area (Å²) in [5, 5.41) is 7.39. The third-order valence-corrected chi connectivity index (χ3v) is 5.95. The van der Waals surface area contributed by atoms with E-state index in [-0.39, 0.29) is 5.75 Å². The maximum absolute atomic E-state index is 11.9. The SMILES string of the molecule is CCS(=O)(=O)N(C)c1ccc(NCc2cnc(-c3cnn(C)c3)nc2)cc1. The molecular weight excluding hydrogens is 364 g/mol. The maximum Gasteiger partial charge on any atom is 0.234 e. The molecule has 3 rings (SSSR count). The molecule has 1 N–H and O–H groups in total. The number of anilines is 2. The minimum atomic E-state index is -3.25. The summed E-state index contributed by atoms with van der Waals surface area (Å²) in [5.41, 5.74) is 3.33. The van der Waals surface area contributed by atoms with Crippen LogP contribution in [0.4, 0.5) is 11.4 Å². The van der Waals surface area contributed by atoms with E-state index >= 15 is 0 Å². The molecule has 2 aromatic heterocycles. The molecule has 27 heavy (non-hydrogen) atoms. The molecule has 0 aliphatic carbocycles. The molecule has 0 atom stereocenters. The molecule has 0 saturated heterocycles. The highest BCUT2D eigenvalue weighted by molar-refractivity contribution is 7.92. The normalized spacial score (nSPS) is 11.4. The molecule has 0 radical (unpaired) electrons. The van der Waals surface area contributed by atoms with Gasteiger partial charge in [-0.15, -0.1) is 0 Å². The van der Waals surface area contributed by atoms with Crippen molar-refractivity contribution in [2.75, 3.05) is 22.4 Å². The molecule has 142 valence electrons. The first-order chi connectivity index (χ1) is 12.9. The van der Waals surface area contributed by atoms with Gasteiger partial charge in [0, 0.05) is 50.5 Å². The molecule has 0 bridgehead atoms. The van der Waals surface area contributed by atoms with Crippen LogP contribution in [0.3, 0.4) is 0 Å². The lowest BCUT2D eigenvalue weighted by Crippen LogP contribution is -2.27. The zero-order valence-electron chi connectivity index (χ0n) is 15.5. The van der Waals surface area contributed by atoms with Crippen LogP contribution in [0.25, 0.3) is 11.4 Å². The molecule has 1 aromatic carbocycles. The Morgan fingerprint density at radius 2 is 1.78 bits per heavy atom. The van der Waals surface area contributed by atoms with Gasteiger partial charge in [-0.2, -0.15) is 5.10 Å². The molecule has 0 amide bonds. The lowest BCUT2D eigenvalue weighted by molar-refractivity contribution is 0.595. The number of aromatic nitrogens is 4. The quantitative estimate of drug-likeness (QED) is 0.670. The zero-order chi connectivity index (χ0) is 19.4. The number of benzene rings is 1. The van der Waals surface area contributed by atoms with Gasteiger partial charge in [-0.25, -0.2) is 18.4 Å². The Hall–Kier alpha value is -2.94. The van der Waals surface area contributed by atoms with Gasteiger partial charge in [0.2, 0.25) is 10.0 Å². The predicted molar refractivity (Wildman–Crippen MR) is 106 cm³/mol. The average Bonchev–Trinajstić information content (AvgIpc) is 3.13. The number of hydrogen-bond acceptors (Lipinski definition) is 6. The highest BCUT2D eigenvalue weighted by Gasteiger charge is 2.15. The van der Waals surface area contributed by atoms with Crippen molar-refractivity contribution in [3.63, 3.8) is 0 Å². The molecule has 0 aliphatic heterocycles. The molecule has 0 unspecified atom stereocenters. The van der Waals surface area contributed by atoms with E-state index in [0.29, 0.717) is 18.1 Å². The summed E-state index contributed by atoms with van der Waals surface area (Å²) < 4.78 is 26.8. The van der Waals surface area contributed by atoms with Crippen LogP contribution in [0.1, 0.15) is 12.5 Å². The molecule has 0 spiro atoms. The van der Waals surface area contributed by atoms with Crippen molar-refractivity contribution in [3.05, 3.63) is 54.6 Å². The number of nitrogens with zero attached hydrogens (tertiary/aromatic N) is 5. The lowest BCUT2D eigenvalue weighted by Gasteiger charge is -2.18. The van der Waals surface area contributed by atoms with Gasteiger partial charge in [0.1, 0.15) is 0 Å². The van der Waals surface area contributed by atoms with E-state index in [2.05, 4.69) is 20.4 Å². The minimum Gasteiger partial charge on any atom is -0.381 e. The van der Waals surface area contributed by atoms with Gasteiger partial charge in [0.05, 0.1) is 23.2 Å². The van der Waals surface area contributed by atoms with Crippen LogP contribution >= 0.6 is 0 Å². The van der Waals surface area contributed by atoms with Gasteiger partial charge in [-0.05, 0) is 31.2 Å². The van der Waals surface area contributed by atoms with Gasteiger partial charge in [-0.1, -0.05) is 0 Å². The summed E-state index contributed by atoms with van der Waals surface area (Å²) >= 11 is 0. The smallest absolute Gasteiger partial charge is 0.234 e. The first-order valence-electron chi connectivity index (χ1n) is 8.49. The predicted octanol–water partition coefficient (Wildman–Crippen LogP) is 2.28. The van der Waals surface area contributed by atoms with E-state index in [4.69, 9.17) is 0 Å². The second-order valence-electron chi connectivity index (χ2n) is 6.09. The molecular formula is C18H22N6O2S. The number of aryl methyl sites for hydroxylation is 1. The Kier molecular flexibility index (Phi) is 5.41. The highest BCUT2D eigenvalue weighted by Crippen LogP contribution is 2.20. The fraction of sp³-hybridized carbons (Fsp3) is 0.278. The van der Waals surface area contributed by atoms with Crippen LogP contribution in [-0.4, -0.2) is 41.0 Å². The maximum atomic E-state index is 11.9. The van der Waals surface area contributed by atoms with Gasteiger partial charge in [0.15, 0.2) is 5.82 Å². The minimum absolute atomic E-state index is 0.0680. The second kappa shape index (κ2) is 7.75. The van der Waals surface area contributed by atoms with Gasteiger partial charge in [-0.3, -0.25) is 8.99 Å². The number of hydrogen-bond donors (Lipinski definition) is 1. The molecule has 3 aromatic rings. The standard InChI is InChI=1S/C18H22N6O2S/c1-4-27(25,26)24(3)17-7-5-16(6-8-17)19-9-14-10-20-18(21-11-14)15-12-22-23(2)13-15/h5-8,10-13,19H,4,9H2,1-3H3. The third kappa shape index (κ3) is 4.43. The van der Waals surface area contributed by atoms with Crippen LogP contribution in [0.5, 0.6) is 0 Å². The van der Waals surface area contributed by atoms with E-state index in [1.54, 1.807) is 49.4 Å². The molecule has 0 saturated carbocycles. The van der Waals surface area contributed by atoms with Crippen LogP contribution in [0, 0.1) is 0 Å². The Morgan fingerprint density at radius 3 is 2.33 bits per heavy atom. The Bertz CT molecular complexity index is 997. The van der Waals surface area contributed by atoms with Crippen molar-refractivity contribution in [1.29, 1.82) is 0 Å². The second-order valence-corrected chi connectivity index (χ2v) is 8.37. The molecule has 0 fully saturated rings. The summed E-state index contributed by atoms with van der Waals surface area (Å²) in [4.78, 5) is 8.74. The Balaban J connectivity index is 1.62. The first kappa shape index (κ1) is 18.8. The van der Waals surface area contributed by atoms with E-state index < -0.39 is 10.0 Å². The molecule has 0 aliphatic rings. The fourth-order valence-corrected chi connectivity index (χ4v) is 3.31. The van der Waals surface area contributed by atoms with Crippen molar-refractivity contribution in [1.82, 2.24) is 19.7 Å². The average molecular weight is 386 g/mol. The monoisotopic (exact) mass is 386 g/mol. The van der Waals surface area contributed by atoms with Crippen LogP contribution in [-0.2, 0) is 23.6 Å². The van der Waals surface area contributed by atoms with Crippen molar-refractivity contribution >= 4 is 21.4 Å². The van der Waals surface area contributed by atoms with Gasteiger partial charge < -0.3 is 5.32 Å². The van der Waals surface area contributed by atoms with Gasteiger partial charge >= 0.3 is 0 Å². The van der Waals surface area contributed by atoms with Crippen molar-refractivity contribution in [3.8, 4) is 11.4 Å². The number of sulfonamides is 1. The van der Waals surface area contributed by atoms with E-state index in [0.717, 1.165) is 16.8 Å². The van der Waals surface area contributed by atoms with E-state index in [1.807, 2.05) is 25.4 Å². The number of rotatable bonds is 7. The topological polar surface area (TPSA) is 93.0 Å². The summed E-state index contributed by atoms with van der Waals surface area (Å²) in [6, 6.07) is 7.25. The van der Waals surface area contributed by atoms with Crippen LogP contribution in [0.15, 0.2) is 49.1 Å². The van der Waals surface area contributed by atoms with Crippen molar-refractivity contribution in [2.24, 2.45) is 7.05 Å². The summed E-state index contributed by atoms with van der Waals surface area (Å²) in [6.07, 6.45) is 7.14. The molecule has 8 nitrogen and oxygen atoms in total. The van der Waals surface area contributed by atoms with Crippen molar-refractivity contribution in [2.45, 2.75) is 13.5 Å². The summed E-state index contributed by atoms with van der Waals surface area (Å²) in [5.74, 6) is 0.704.